The Morgan fingerprint density at radius 2 is 1.71 bits per heavy atom. The van der Waals surface area contributed by atoms with E-state index in [2.05, 4.69) is 10.6 Å². The standard InChI is InChI=1S/C25H24ClFN2O4S/c1-4-23(25(31)29-17-9-10-20(27)19(26)14-17)34-18-7-5-6-16(13-18)28-24(30)15-8-11-21(32-2)22(12-15)33-3/h5-14,23H,4H2,1-3H3,(H,28,30)(H,29,31). The summed E-state index contributed by atoms with van der Waals surface area (Å²) < 4.78 is 23.8. The smallest absolute Gasteiger partial charge is 0.255 e. The molecule has 0 aliphatic rings. The average molecular weight is 503 g/mol. The van der Waals surface area contributed by atoms with Gasteiger partial charge in [0.05, 0.1) is 24.5 Å². The summed E-state index contributed by atoms with van der Waals surface area (Å²) >= 11 is 7.16. The van der Waals surface area contributed by atoms with Gasteiger partial charge in [-0.2, -0.15) is 0 Å². The summed E-state index contributed by atoms with van der Waals surface area (Å²) in [7, 11) is 3.03. The number of hydrogen-bond donors (Lipinski definition) is 2. The van der Waals surface area contributed by atoms with Gasteiger partial charge in [0.15, 0.2) is 11.5 Å². The summed E-state index contributed by atoms with van der Waals surface area (Å²) in [6.45, 7) is 1.90. The normalized spacial score (nSPS) is 11.4. The molecule has 0 bridgehead atoms. The van der Waals surface area contributed by atoms with Crippen LogP contribution in [0.15, 0.2) is 65.6 Å². The zero-order chi connectivity index (χ0) is 24.7. The molecule has 0 heterocycles. The first-order valence-electron chi connectivity index (χ1n) is 10.4. The van der Waals surface area contributed by atoms with Crippen LogP contribution in [0.5, 0.6) is 11.5 Å². The van der Waals surface area contributed by atoms with Crippen LogP contribution in [-0.2, 0) is 4.79 Å². The molecular weight excluding hydrogens is 479 g/mol. The molecule has 3 aromatic carbocycles. The fourth-order valence-electron chi connectivity index (χ4n) is 3.11. The van der Waals surface area contributed by atoms with E-state index in [-0.39, 0.29) is 16.8 Å². The van der Waals surface area contributed by atoms with E-state index in [0.717, 1.165) is 4.90 Å². The van der Waals surface area contributed by atoms with Crippen molar-refractivity contribution in [1.82, 2.24) is 0 Å². The van der Waals surface area contributed by atoms with Crippen molar-refractivity contribution in [1.29, 1.82) is 0 Å². The van der Waals surface area contributed by atoms with E-state index in [9.17, 15) is 14.0 Å². The van der Waals surface area contributed by atoms with E-state index < -0.39 is 11.1 Å². The number of carbonyl (C=O) groups is 2. The van der Waals surface area contributed by atoms with Gasteiger partial charge in [-0.3, -0.25) is 9.59 Å². The molecule has 0 spiro atoms. The number of rotatable bonds is 9. The molecule has 9 heteroatoms. The number of thioether (sulfide) groups is 1. The molecule has 2 amide bonds. The van der Waals surface area contributed by atoms with Crippen LogP contribution in [0.2, 0.25) is 5.02 Å². The van der Waals surface area contributed by atoms with Crippen molar-refractivity contribution in [3.63, 3.8) is 0 Å². The fraction of sp³-hybridized carbons (Fsp3) is 0.200. The molecule has 2 N–H and O–H groups in total. The molecule has 0 radical (unpaired) electrons. The number of benzene rings is 3. The van der Waals surface area contributed by atoms with Crippen LogP contribution in [-0.4, -0.2) is 31.3 Å². The van der Waals surface area contributed by atoms with Crippen molar-refractivity contribution in [3.05, 3.63) is 77.1 Å². The Balaban J connectivity index is 1.68. The first-order chi connectivity index (χ1) is 16.3. The van der Waals surface area contributed by atoms with E-state index in [0.29, 0.717) is 34.9 Å². The number of carbonyl (C=O) groups excluding carboxylic acids is 2. The third kappa shape index (κ3) is 6.42. The second-order valence-electron chi connectivity index (χ2n) is 7.18. The Morgan fingerprint density at radius 3 is 2.38 bits per heavy atom. The summed E-state index contributed by atoms with van der Waals surface area (Å²) in [6, 6.07) is 16.2. The van der Waals surface area contributed by atoms with Crippen molar-refractivity contribution in [2.24, 2.45) is 0 Å². The van der Waals surface area contributed by atoms with Gasteiger partial charge < -0.3 is 20.1 Å². The zero-order valence-corrected chi connectivity index (χ0v) is 20.4. The molecule has 34 heavy (non-hydrogen) atoms. The van der Waals surface area contributed by atoms with Gasteiger partial charge in [-0.15, -0.1) is 11.8 Å². The van der Waals surface area contributed by atoms with Gasteiger partial charge in [-0.1, -0.05) is 24.6 Å². The Kier molecular flexibility index (Phi) is 8.79. The number of halogens is 2. The van der Waals surface area contributed by atoms with Crippen LogP contribution in [0, 0.1) is 5.82 Å². The van der Waals surface area contributed by atoms with E-state index in [1.165, 1.54) is 44.2 Å². The van der Waals surface area contributed by atoms with Gasteiger partial charge in [-0.25, -0.2) is 4.39 Å². The minimum Gasteiger partial charge on any atom is -0.493 e. The first kappa shape index (κ1) is 25.4. The lowest BCUT2D eigenvalue weighted by Crippen LogP contribution is -2.24. The van der Waals surface area contributed by atoms with Crippen LogP contribution in [0.1, 0.15) is 23.7 Å². The number of amides is 2. The summed E-state index contributed by atoms with van der Waals surface area (Å²) in [5.41, 5.74) is 1.43. The summed E-state index contributed by atoms with van der Waals surface area (Å²) in [6.07, 6.45) is 0.563. The number of nitrogens with one attached hydrogen (secondary N) is 2. The quantitative estimate of drug-likeness (QED) is 0.338. The van der Waals surface area contributed by atoms with Crippen LogP contribution >= 0.6 is 23.4 Å². The summed E-state index contributed by atoms with van der Waals surface area (Å²) in [4.78, 5) is 26.3. The van der Waals surface area contributed by atoms with Crippen molar-refractivity contribution >= 4 is 46.6 Å². The van der Waals surface area contributed by atoms with Crippen molar-refractivity contribution in [3.8, 4) is 11.5 Å². The number of anilines is 2. The maximum atomic E-state index is 13.4. The molecule has 0 fully saturated rings. The molecule has 3 rings (SSSR count). The maximum absolute atomic E-state index is 13.4. The number of ether oxygens (including phenoxy) is 2. The Morgan fingerprint density at radius 1 is 0.971 bits per heavy atom. The predicted octanol–water partition coefficient (Wildman–Crippen LogP) is 6.26. The van der Waals surface area contributed by atoms with Crippen LogP contribution in [0.3, 0.4) is 0 Å². The molecule has 0 aromatic heterocycles. The van der Waals surface area contributed by atoms with Crippen molar-refractivity contribution in [2.75, 3.05) is 24.9 Å². The summed E-state index contributed by atoms with van der Waals surface area (Å²) in [5.74, 6) is -0.0908. The lowest BCUT2D eigenvalue weighted by molar-refractivity contribution is -0.115. The van der Waals surface area contributed by atoms with E-state index in [4.69, 9.17) is 21.1 Å². The Bertz CT molecular complexity index is 1190. The van der Waals surface area contributed by atoms with Crippen LogP contribution < -0.4 is 20.1 Å². The SMILES string of the molecule is CCC(Sc1cccc(NC(=O)c2ccc(OC)c(OC)c2)c1)C(=O)Nc1ccc(F)c(Cl)c1. The minimum absolute atomic E-state index is 0.0589. The fourth-order valence-corrected chi connectivity index (χ4v) is 4.30. The lowest BCUT2D eigenvalue weighted by atomic mass is 10.2. The third-order valence-electron chi connectivity index (χ3n) is 4.87. The van der Waals surface area contributed by atoms with Gasteiger partial charge in [-0.05, 0) is 61.0 Å². The molecule has 3 aromatic rings. The maximum Gasteiger partial charge on any atom is 0.255 e. The molecule has 1 unspecified atom stereocenters. The van der Waals surface area contributed by atoms with E-state index in [1.807, 2.05) is 13.0 Å². The number of hydrogen-bond acceptors (Lipinski definition) is 5. The first-order valence-corrected chi connectivity index (χ1v) is 11.7. The van der Waals surface area contributed by atoms with Gasteiger partial charge in [0.25, 0.3) is 5.91 Å². The van der Waals surface area contributed by atoms with Crippen molar-refractivity contribution < 1.29 is 23.5 Å². The van der Waals surface area contributed by atoms with Crippen LogP contribution in [0.4, 0.5) is 15.8 Å². The monoisotopic (exact) mass is 502 g/mol. The van der Waals surface area contributed by atoms with Gasteiger partial charge in [0.1, 0.15) is 5.82 Å². The van der Waals surface area contributed by atoms with Gasteiger partial charge in [0, 0.05) is 21.8 Å². The highest BCUT2D eigenvalue weighted by Crippen LogP contribution is 2.30. The predicted molar refractivity (Wildman–Crippen MR) is 134 cm³/mol. The Labute approximate surface area is 206 Å². The molecule has 1 atom stereocenters. The Hall–Kier alpha value is -3.23. The minimum atomic E-state index is -0.548. The molecule has 0 saturated carbocycles. The second-order valence-corrected chi connectivity index (χ2v) is 8.87. The molecule has 0 aliphatic carbocycles. The topological polar surface area (TPSA) is 76.7 Å². The largest absolute Gasteiger partial charge is 0.493 e. The lowest BCUT2D eigenvalue weighted by Gasteiger charge is -2.16. The van der Waals surface area contributed by atoms with E-state index in [1.54, 1.807) is 36.4 Å². The third-order valence-corrected chi connectivity index (χ3v) is 6.51. The van der Waals surface area contributed by atoms with Crippen molar-refractivity contribution in [2.45, 2.75) is 23.5 Å². The summed E-state index contributed by atoms with van der Waals surface area (Å²) in [5, 5.41) is 5.17. The molecule has 0 aliphatic heterocycles. The van der Waals surface area contributed by atoms with E-state index >= 15 is 0 Å². The van der Waals surface area contributed by atoms with Crippen LogP contribution in [0.25, 0.3) is 0 Å². The number of methoxy groups -OCH3 is 2. The molecule has 0 saturated heterocycles. The zero-order valence-electron chi connectivity index (χ0n) is 18.9. The average Bonchev–Trinajstić information content (AvgIpc) is 2.84. The molecule has 178 valence electrons. The highest BCUT2D eigenvalue weighted by molar-refractivity contribution is 8.00. The van der Waals surface area contributed by atoms with Gasteiger partial charge >= 0.3 is 0 Å². The molecular formula is C25H24ClFN2O4S. The second kappa shape index (κ2) is 11.8. The highest BCUT2D eigenvalue weighted by atomic mass is 35.5. The molecule has 6 nitrogen and oxygen atoms in total. The highest BCUT2D eigenvalue weighted by Gasteiger charge is 2.19. The van der Waals surface area contributed by atoms with Gasteiger partial charge in [0.2, 0.25) is 5.91 Å².